The van der Waals surface area contributed by atoms with Gasteiger partial charge in [-0.2, -0.15) is 0 Å². The maximum Gasteiger partial charge on any atom is 0.239 e. The van der Waals surface area contributed by atoms with Crippen molar-refractivity contribution in [3.8, 4) is 0 Å². The van der Waals surface area contributed by atoms with Gasteiger partial charge in [0, 0.05) is 32.1 Å². The number of hydrogen-bond acceptors (Lipinski definition) is 3. The molecule has 0 saturated carbocycles. The van der Waals surface area contributed by atoms with E-state index in [2.05, 4.69) is 10.6 Å². The van der Waals surface area contributed by atoms with Crippen LogP contribution in [0.5, 0.6) is 0 Å². The molecule has 2 atom stereocenters. The molecule has 2 rings (SSSR count). The second-order valence-corrected chi connectivity index (χ2v) is 5.67. The summed E-state index contributed by atoms with van der Waals surface area (Å²) in [4.78, 5) is 25.8. The van der Waals surface area contributed by atoms with Gasteiger partial charge in [-0.05, 0) is 39.0 Å². The molecule has 2 amide bonds. The zero-order valence-electron chi connectivity index (χ0n) is 11.8. The average molecular weight is 267 g/mol. The number of carbonyl (C=O) groups excluding carboxylic acids is 2. The van der Waals surface area contributed by atoms with Crippen LogP contribution >= 0.6 is 0 Å². The first-order valence-corrected chi connectivity index (χ1v) is 7.48. The lowest BCUT2D eigenvalue weighted by Crippen LogP contribution is -2.50. The van der Waals surface area contributed by atoms with Gasteiger partial charge in [0.05, 0.1) is 6.04 Å². The Bertz CT molecular complexity index is 327. The normalized spacial score (nSPS) is 26.5. The van der Waals surface area contributed by atoms with Gasteiger partial charge in [-0.3, -0.25) is 9.59 Å². The lowest BCUT2D eigenvalue weighted by molar-refractivity contribution is -0.134. The lowest BCUT2D eigenvalue weighted by atomic mass is 10.1. The minimum absolute atomic E-state index is 0.0904. The maximum absolute atomic E-state index is 12.3. The Kier molecular flexibility index (Phi) is 5.19. The number of carbonyl (C=O) groups is 2. The van der Waals surface area contributed by atoms with Crippen molar-refractivity contribution in [3.63, 3.8) is 0 Å². The zero-order chi connectivity index (χ0) is 13.7. The molecule has 2 saturated heterocycles. The first-order chi connectivity index (χ1) is 9.16. The Balaban J connectivity index is 1.83. The molecule has 0 bridgehead atoms. The van der Waals surface area contributed by atoms with Crippen molar-refractivity contribution >= 4 is 11.8 Å². The highest BCUT2D eigenvalue weighted by Gasteiger charge is 2.25. The van der Waals surface area contributed by atoms with E-state index in [9.17, 15) is 9.59 Å². The Morgan fingerprint density at radius 1 is 1.32 bits per heavy atom. The number of likely N-dealkylation sites (tertiary alicyclic amines) is 1. The van der Waals surface area contributed by atoms with Crippen LogP contribution in [0.4, 0.5) is 0 Å². The predicted molar refractivity (Wildman–Crippen MR) is 73.7 cm³/mol. The molecular formula is C14H25N3O2. The summed E-state index contributed by atoms with van der Waals surface area (Å²) in [7, 11) is 0. The maximum atomic E-state index is 12.3. The number of piperidine rings is 1. The first kappa shape index (κ1) is 14.3. The number of nitrogens with one attached hydrogen (secondary N) is 2. The average Bonchev–Trinajstić information content (AvgIpc) is 2.63. The topological polar surface area (TPSA) is 61.4 Å². The van der Waals surface area contributed by atoms with E-state index in [1.165, 1.54) is 6.42 Å². The minimum atomic E-state index is -0.186. The summed E-state index contributed by atoms with van der Waals surface area (Å²) in [5, 5.41) is 6.20. The fourth-order valence-electron chi connectivity index (χ4n) is 2.93. The van der Waals surface area contributed by atoms with Gasteiger partial charge < -0.3 is 15.5 Å². The second-order valence-electron chi connectivity index (χ2n) is 5.67. The Morgan fingerprint density at radius 3 is 2.79 bits per heavy atom. The molecule has 2 aliphatic rings. The van der Waals surface area contributed by atoms with Crippen molar-refractivity contribution in [2.45, 2.75) is 57.5 Å². The van der Waals surface area contributed by atoms with Crippen LogP contribution in [0.1, 0.15) is 45.4 Å². The molecular weight excluding hydrogens is 242 g/mol. The van der Waals surface area contributed by atoms with Gasteiger partial charge in [0.2, 0.25) is 11.8 Å². The summed E-state index contributed by atoms with van der Waals surface area (Å²) in [6.45, 7) is 4.44. The fraction of sp³-hybridized carbons (Fsp3) is 0.857. The molecule has 2 heterocycles. The van der Waals surface area contributed by atoms with Gasteiger partial charge in [0.25, 0.3) is 0 Å². The Labute approximate surface area is 115 Å². The Hall–Kier alpha value is -1.10. The van der Waals surface area contributed by atoms with Crippen LogP contribution in [-0.4, -0.2) is 48.4 Å². The van der Waals surface area contributed by atoms with E-state index in [0.717, 1.165) is 45.3 Å². The van der Waals surface area contributed by atoms with E-state index >= 15 is 0 Å². The standard InChI is InChI=1S/C14H25N3O2/c1-11(14(19)17-8-3-2-4-9-17)16-12-6-5-7-15-13(18)10-12/h11-12,16H,2-10H2,1H3,(H,15,18). The largest absolute Gasteiger partial charge is 0.356 e. The number of hydrogen-bond donors (Lipinski definition) is 2. The highest BCUT2D eigenvalue weighted by atomic mass is 16.2. The van der Waals surface area contributed by atoms with Crippen LogP contribution < -0.4 is 10.6 Å². The SMILES string of the molecule is CC(NC1CCCNC(=O)C1)C(=O)N1CCCCC1. The van der Waals surface area contributed by atoms with Crippen LogP contribution in [0.2, 0.25) is 0 Å². The van der Waals surface area contributed by atoms with Crippen molar-refractivity contribution in [2.24, 2.45) is 0 Å². The monoisotopic (exact) mass is 267 g/mol. The summed E-state index contributed by atoms with van der Waals surface area (Å²) < 4.78 is 0. The van der Waals surface area contributed by atoms with Gasteiger partial charge >= 0.3 is 0 Å². The molecule has 5 nitrogen and oxygen atoms in total. The molecule has 108 valence electrons. The molecule has 5 heteroatoms. The molecule has 2 aliphatic heterocycles. The molecule has 2 N–H and O–H groups in total. The smallest absolute Gasteiger partial charge is 0.239 e. The van der Waals surface area contributed by atoms with E-state index in [1.807, 2.05) is 11.8 Å². The number of rotatable bonds is 3. The Morgan fingerprint density at radius 2 is 2.05 bits per heavy atom. The number of nitrogens with zero attached hydrogens (tertiary/aromatic N) is 1. The van der Waals surface area contributed by atoms with Crippen molar-refractivity contribution in [1.82, 2.24) is 15.5 Å². The third-order valence-electron chi connectivity index (χ3n) is 4.01. The van der Waals surface area contributed by atoms with Crippen molar-refractivity contribution < 1.29 is 9.59 Å². The van der Waals surface area contributed by atoms with E-state index in [1.54, 1.807) is 0 Å². The molecule has 0 aromatic heterocycles. The fourth-order valence-corrected chi connectivity index (χ4v) is 2.93. The van der Waals surface area contributed by atoms with Crippen molar-refractivity contribution in [2.75, 3.05) is 19.6 Å². The van der Waals surface area contributed by atoms with E-state index in [4.69, 9.17) is 0 Å². The van der Waals surface area contributed by atoms with Gasteiger partial charge in [-0.25, -0.2) is 0 Å². The van der Waals surface area contributed by atoms with Gasteiger partial charge in [-0.1, -0.05) is 0 Å². The molecule has 0 radical (unpaired) electrons. The summed E-state index contributed by atoms with van der Waals surface area (Å²) in [5.41, 5.74) is 0. The predicted octanol–water partition coefficient (Wildman–Crippen LogP) is 0.646. The highest BCUT2D eigenvalue weighted by molar-refractivity contribution is 5.82. The second kappa shape index (κ2) is 6.89. The molecule has 2 unspecified atom stereocenters. The van der Waals surface area contributed by atoms with Gasteiger partial charge in [0.1, 0.15) is 0 Å². The van der Waals surface area contributed by atoms with Crippen LogP contribution in [0.25, 0.3) is 0 Å². The van der Waals surface area contributed by atoms with E-state index < -0.39 is 0 Å². The molecule has 0 spiro atoms. The van der Waals surface area contributed by atoms with Crippen LogP contribution in [0.3, 0.4) is 0 Å². The summed E-state index contributed by atoms with van der Waals surface area (Å²) in [5.74, 6) is 0.275. The third kappa shape index (κ3) is 4.20. The molecule has 0 aliphatic carbocycles. The van der Waals surface area contributed by atoms with Crippen LogP contribution in [0.15, 0.2) is 0 Å². The molecule has 0 aromatic rings. The molecule has 0 aromatic carbocycles. The first-order valence-electron chi connectivity index (χ1n) is 7.48. The van der Waals surface area contributed by atoms with E-state index in [0.29, 0.717) is 6.42 Å². The lowest BCUT2D eigenvalue weighted by Gasteiger charge is -2.31. The molecule has 19 heavy (non-hydrogen) atoms. The number of amides is 2. The van der Waals surface area contributed by atoms with Crippen molar-refractivity contribution in [1.29, 1.82) is 0 Å². The quantitative estimate of drug-likeness (QED) is 0.789. The van der Waals surface area contributed by atoms with Gasteiger partial charge in [-0.15, -0.1) is 0 Å². The summed E-state index contributed by atoms with van der Waals surface area (Å²) >= 11 is 0. The third-order valence-corrected chi connectivity index (χ3v) is 4.01. The molecule has 2 fully saturated rings. The summed E-state index contributed by atoms with van der Waals surface area (Å²) in [6.07, 6.45) is 5.88. The van der Waals surface area contributed by atoms with Crippen LogP contribution in [-0.2, 0) is 9.59 Å². The minimum Gasteiger partial charge on any atom is -0.356 e. The van der Waals surface area contributed by atoms with E-state index in [-0.39, 0.29) is 23.9 Å². The van der Waals surface area contributed by atoms with Gasteiger partial charge in [0.15, 0.2) is 0 Å². The summed E-state index contributed by atoms with van der Waals surface area (Å²) in [6, 6.07) is -0.0553. The van der Waals surface area contributed by atoms with Crippen LogP contribution in [0, 0.1) is 0 Å². The highest BCUT2D eigenvalue weighted by Crippen LogP contribution is 2.12. The van der Waals surface area contributed by atoms with Crippen molar-refractivity contribution in [3.05, 3.63) is 0 Å². The zero-order valence-corrected chi connectivity index (χ0v) is 11.8.